The van der Waals surface area contributed by atoms with Crippen molar-refractivity contribution in [1.82, 2.24) is 0 Å². The molecule has 0 unspecified atom stereocenters. The van der Waals surface area contributed by atoms with Crippen LogP contribution in [0.3, 0.4) is 0 Å². The Kier molecular flexibility index (Phi) is 6.79. The van der Waals surface area contributed by atoms with Crippen LogP contribution in [-0.2, 0) is 11.3 Å². The first kappa shape index (κ1) is 20.5. The zero-order valence-electron chi connectivity index (χ0n) is 15.9. The van der Waals surface area contributed by atoms with Gasteiger partial charge in [0.1, 0.15) is 5.82 Å². The lowest BCUT2D eigenvalue weighted by atomic mass is 9.78. The minimum atomic E-state index is -1.23. The van der Waals surface area contributed by atoms with E-state index in [0.29, 0.717) is 13.2 Å². The lowest BCUT2D eigenvalue weighted by Crippen LogP contribution is -2.13. The average molecular weight is 390 g/mol. The lowest BCUT2D eigenvalue weighted by molar-refractivity contribution is 0.134. The number of hydrogen-bond acceptors (Lipinski definition) is 2. The molecule has 28 heavy (non-hydrogen) atoms. The molecule has 1 saturated carbocycles. The van der Waals surface area contributed by atoms with Crippen molar-refractivity contribution in [3.8, 4) is 5.75 Å². The predicted octanol–water partition coefficient (Wildman–Crippen LogP) is 6.33. The van der Waals surface area contributed by atoms with Crippen molar-refractivity contribution < 1.29 is 23.0 Å². The molecule has 2 aromatic carbocycles. The highest BCUT2D eigenvalue weighted by atomic mass is 19.2. The molecule has 1 N–H and O–H groups in total. The molecule has 2 nitrogen and oxygen atoms in total. The maximum absolute atomic E-state index is 14.5. The topological polar surface area (TPSA) is 29.5 Å². The Morgan fingerprint density at radius 1 is 1.04 bits per heavy atom. The largest absolute Gasteiger partial charge is 0.505 e. The molecule has 0 saturated heterocycles. The van der Waals surface area contributed by atoms with E-state index in [2.05, 4.69) is 0 Å². The molecule has 1 aliphatic rings. The Hall–Kier alpha value is -2.27. The average Bonchev–Trinajstić information content (AvgIpc) is 2.70. The highest BCUT2D eigenvalue weighted by Gasteiger charge is 2.23. The highest BCUT2D eigenvalue weighted by Crippen LogP contribution is 2.38. The molecule has 0 atom stereocenters. The summed E-state index contributed by atoms with van der Waals surface area (Å²) in [6.45, 7) is 2.92. The molecule has 1 fully saturated rings. The maximum Gasteiger partial charge on any atom is 0.200 e. The van der Waals surface area contributed by atoms with Crippen molar-refractivity contribution in [3.05, 3.63) is 70.5 Å². The smallest absolute Gasteiger partial charge is 0.200 e. The molecule has 2 aromatic rings. The summed E-state index contributed by atoms with van der Waals surface area (Å²) in [7, 11) is 0. The van der Waals surface area contributed by atoms with Gasteiger partial charge in [-0.25, -0.2) is 8.78 Å². The minimum absolute atomic E-state index is 0.119. The second kappa shape index (κ2) is 9.28. The molecule has 0 heterocycles. The van der Waals surface area contributed by atoms with Gasteiger partial charge in [0.25, 0.3) is 0 Å². The molecule has 0 amide bonds. The van der Waals surface area contributed by atoms with Crippen LogP contribution in [0.2, 0.25) is 0 Å². The number of ether oxygens (including phenoxy) is 1. The molecular weight excluding hydrogens is 365 g/mol. The van der Waals surface area contributed by atoms with Gasteiger partial charge >= 0.3 is 0 Å². The summed E-state index contributed by atoms with van der Waals surface area (Å²) in [5.41, 5.74) is 1.70. The normalized spacial score (nSPS) is 20.0. The molecular formula is C23H25F3O2. The van der Waals surface area contributed by atoms with Crippen LogP contribution in [0.5, 0.6) is 5.75 Å². The van der Waals surface area contributed by atoms with Gasteiger partial charge in [-0.15, -0.1) is 0 Å². The minimum Gasteiger partial charge on any atom is -0.505 e. The van der Waals surface area contributed by atoms with Gasteiger partial charge < -0.3 is 9.84 Å². The number of aromatic hydroxyl groups is 1. The van der Waals surface area contributed by atoms with Crippen LogP contribution in [-0.4, -0.2) is 11.7 Å². The van der Waals surface area contributed by atoms with Crippen molar-refractivity contribution in [3.63, 3.8) is 0 Å². The van der Waals surface area contributed by atoms with Crippen LogP contribution in [0.4, 0.5) is 13.2 Å². The second-order valence-electron chi connectivity index (χ2n) is 7.27. The first-order valence-corrected chi connectivity index (χ1v) is 9.70. The monoisotopic (exact) mass is 390 g/mol. The van der Waals surface area contributed by atoms with Gasteiger partial charge in [0.05, 0.1) is 6.61 Å². The third kappa shape index (κ3) is 4.76. The number of halogens is 3. The van der Waals surface area contributed by atoms with E-state index in [1.54, 1.807) is 12.1 Å². The fourth-order valence-electron chi connectivity index (χ4n) is 3.76. The Bertz CT molecular complexity index is 840. The summed E-state index contributed by atoms with van der Waals surface area (Å²) >= 11 is 0. The number of phenolic OH excluding ortho intramolecular Hbond substituents is 1. The molecule has 0 radical (unpaired) electrons. The van der Waals surface area contributed by atoms with Gasteiger partial charge in [0, 0.05) is 12.2 Å². The SMILES string of the molecule is CCOCc1ccc(C2CCC(/C=C/c3ccc(O)c(F)c3F)CC2)c(F)c1. The predicted molar refractivity (Wildman–Crippen MR) is 103 cm³/mol. The molecule has 5 heteroatoms. The van der Waals surface area contributed by atoms with Crippen molar-refractivity contribution in [1.29, 1.82) is 0 Å². The Labute approximate surface area is 163 Å². The standard InChI is InChI=1S/C23H25F3O2/c1-2-28-14-16-6-11-19(20(24)13-16)17-7-3-15(4-8-17)5-9-18-10-12-21(27)23(26)22(18)25/h5-6,9-13,15,17,27H,2-4,7-8,14H2,1H3/b9-5+. The number of phenols is 1. The van der Waals surface area contributed by atoms with Crippen LogP contribution < -0.4 is 0 Å². The summed E-state index contributed by atoms with van der Waals surface area (Å²) in [5.74, 6) is -2.72. The van der Waals surface area contributed by atoms with Crippen molar-refractivity contribution in [2.45, 2.75) is 45.1 Å². The number of rotatable bonds is 6. The van der Waals surface area contributed by atoms with E-state index in [0.717, 1.165) is 42.9 Å². The lowest BCUT2D eigenvalue weighted by Gasteiger charge is -2.27. The van der Waals surface area contributed by atoms with Gasteiger partial charge in [-0.05, 0) is 73.8 Å². The van der Waals surface area contributed by atoms with Gasteiger partial charge in [0.15, 0.2) is 11.6 Å². The Morgan fingerprint density at radius 2 is 1.79 bits per heavy atom. The van der Waals surface area contributed by atoms with E-state index in [4.69, 9.17) is 4.74 Å². The van der Waals surface area contributed by atoms with E-state index in [-0.39, 0.29) is 23.2 Å². The third-order valence-corrected chi connectivity index (χ3v) is 5.39. The van der Waals surface area contributed by atoms with Crippen LogP contribution in [0, 0.1) is 23.4 Å². The highest BCUT2D eigenvalue weighted by molar-refractivity contribution is 5.52. The van der Waals surface area contributed by atoms with Crippen LogP contribution in [0.25, 0.3) is 6.08 Å². The first-order valence-electron chi connectivity index (χ1n) is 9.70. The summed E-state index contributed by atoms with van der Waals surface area (Å²) < 4.78 is 47.0. The van der Waals surface area contributed by atoms with Gasteiger partial charge in [-0.1, -0.05) is 24.3 Å². The Morgan fingerprint density at radius 3 is 2.46 bits per heavy atom. The zero-order chi connectivity index (χ0) is 20.1. The molecule has 0 bridgehead atoms. The fourth-order valence-corrected chi connectivity index (χ4v) is 3.76. The number of benzene rings is 2. The van der Waals surface area contributed by atoms with Crippen molar-refractivity contribution in [2.24, 2.45) is 5.92 Å². The maximum atomic E-state index is 14.5. The molecule has 0 aromatic heterocycles. The summed E-state index contributed by atoms with van der Waals surface area (Å²) in [6, 6.07) is 7.84. The van der Waals surface area contributed by atoms with E-state index in [9.17, 15) is 18.3 Å². The zero-order valence-corrected chi connectivity index (χ0v) is 15.9. The molecule has 150 valence electrons. The summed E-state index contributed by atoms with van der Waals surface area (Å²) in [4.78, 5) is 0. The molecule has 1 aliphatic carbocycles. The quantitative estimate of drug-likeness (QED) is 0.624. The van der Waals surface area contributed by atoms with Crippen molar-refractivity contribution in [2.75, 3.05) is 6.61 Å². The number of hydrogen-bond donors (Lipinski definition) is 1. The van der Waals surface area contributed by atoms with E-state index in [1.807, 2.05) is 25.1 Å². The van der Waals surface area contributed by atoms with Crippen LogP contribution >= 0.6 is 0 Å². The third-order valence-electron chi connectivity index (χ3n) is 5.39. The van der Waals surface area contributed by atoms with Gasteiger partial charge in [-0.2, -0.15) is 4.39 Å². The van der Waals surface area contributed by atoms with E-state index in [1.165, 1.54) is 6.07 Å². The second-order valence-corrected chi connectivity index (χ2v) is 7.27. The van der Waals surface area contributed by atoms with Crippen molar-refractivity contribution >= 4 is 6.08 Å². The van der Waals surface area contributed by atoms with Gasteiger partial charge in [0.2, 0.25) is 5.82 Å². The summed E-state index contributed by atoms with van der Waals surface area (Å²) in [5, 5.41) is 9.18. The van der Waals surface area contributed by atoms with Crippen LogP contribution in [0.1, 0.15) is 55.2 Å². The molecule has 0 aliphatic heterocycles. The fraction of sp³-hybridized carbons (Fsp3) is 0.391. The van der Waals surface area contributed by atoms with Crippen LogP contribution in [0.15, 0.2) is 36.4 Å². The van der Waals surface area contributed by atoms with Gasteiger partial charge in [-0.3, -0.25) is 0 Å². The first-order chi connectivity index (χ1) is 13.5. The van der Waals surface area contributed by atoms with E-state index >= 15 is 0 Å². The Balaban J connectivity index is 1.59. The van der Waals surface area contributed by atoms with E-state index < -0.39 is 17.4 Å². The molecule has 0 spiro atoms. The molecule has 3 rings (SSSR count). The number of allylic oxidation sites excluding steroid dienone is 1. The summed E-state index contributed by atoms with van der Waals surface area (Å²) in [6.07, 6.45) is 6.87.